The summed E-state index contributed by atoms with van der Waals surface area (Å²) in [6.45, 7) is 2.15. The number of nitrogens with zero attached hydrogens (tertiary/aromatic N) is 4. The SMILES string of the molecule is O=C(c1ncc[nH]1)N(C(=S)S)N(C(=S)S)N1CCOCC1. The van der Waals surface area contributed by atoms with E-state index in [-0.39, 0.29) is 14.5 Å². The van der Waals surface area contributed by atoms with Crippen molar-refractivity contribution in [2.24, 2.45) is 0 Å². The van der Waals surface area contributed by atoms with E-state index in [0.717, 1.165) is 5.01 Å². The maximum absolute atomic E-state index is 12.5. The van der Waals surface area contributed by atoms with Gasteiger partial charge in [0.05, 0.1) is 13.2 Å². The minimum Gasteiger partial charge on any atom is -0.379 e. The third-order valence-corrected chi connectivity index (χ3v) is 3.39. The molecule has 0 spiro atoms. The molecule has 1 aromatic heterocycles. The largest absolute Gasteiger partial charge is 0.379 e. The Labute approximate surface area is 143 Å². The number of aromatic nitrogens is 2. The molecule has 0 unspecified atom stereocenters. The van der Waals surface area contributed by atoms with Crippen LogP contribution in [0, 0.1) is 0 Å². The molecule has 21 heavy (non-hydrogen) atoms. The van der Waals surface area contributed by atoms with Gasteiger partial charge in [-0.3, -0.25) is 4.79 Å². The standard InChI is InChI=1S/C10H13N5O2S4/c16-8(7-11-1-2-12-7)14(9(18)19)15(10(20)21)13-3-5-17-6-4-13/h1-2H,3-6H2,(H,11,12)(H,18,19)(H,20,21). The van der Waals surface area contributed by atoms with E-state index in [1.165, 1.54) is 11.3 Å². The number of thiocarbonyl (C=S) groups is 2. The highest BCUT2D eigenvalue weighted by molar-refractivity contribution is 8.11. The van der Waals surface area contributed by atoms with Crippen molar-refractivity contribution in [3.8, 4) is 0 Å². The van der Waals surface area contributed by atoms with E-state index in [1.54, 1.807) is 6.20 Å². The summed E-state index contributed by atoms with van der Waals surface area (Å²) in [7, 11) is 0. The third-order valence-electron chi connectivity index (χ3n) is 2.69. The molecule has 2 heterocycles. The zero-order valence-electron chi connectivity index (χ0n) is 10.8. The van der Waals surface area contributed by atoms with Crippen LogP contribution in [0.25, 0.3) is 0 Å². The predicted octanol–water partition coefficient (Wildman–Crippen LogP) is 0.746. The number of carbonyl (C=O) groups excluding carboxylic acids is 1. The van der Waals surface area contributed by atoms with Crippen molar-refractivity contribution in [2.75, 3.05) is 26.3 Å². The van der Waals surface area contributed by atoms with Gasteiger partial charge in [0.15, 0.2) is 14.5 Å². The van der Waals surface area contributed by atoms with Gasteiger partial charge in [-0.2, -0.15) is 15.1 Å². The predicted molar refractivity (Wildman–Crippen MR) is 92.2 cm³/mol. The second-order valence-electron chi connectivity index (χ2n) is 3.98. The fraction of sp³-hybridized carbons (Fsp3) is 0.400. The van der Waals surface area contributed by atoms with Gasteiger partial charge in [0, 0.05) is 25.5 Å². The van der Waals surface area contributed by atoms with Crippen LogP contribution in [0.5, 0.6) is 0 Å². The second-order valence-corrected chi connectivity index (χ2v) is 6.20. The van der Waals surface area contributed by atoms with E-state index in [2.05, 4.69) is 35.2 Å². The Kier molecular flexibility index (Phi) is 5.96. The molecule has 0 atom stereocenters. The fourth-order valence-corrected chi connectivity index (χ4v) is 2.56. The first-order chi connectivity index (χ1) is 10.0. The number of hydrogen-bond donors (Lipinski definition) is 3. The summed E-state index contributed by atoms with van der Waals surface area (Å²) < 4.78 is 5.51. The number of aromatic amines is 1. The highest BCUT2D eigenvalue weighted by Gasteiger charge is 2.32. The van der Waals surface area contributed by atoms with Crippen molar-refractivity contribution in [3.05, 3.63) is 18.2 Å². The summed E-state index contributed by atoms with van der Waals surface area (Å²) in [5, 5.41) is 4.39. The summed E-state index contributed by atoms with van der Waals surface area (Å²) in [5.74, 6) is -0.336. The number of H-pyrrole nitrogens is 1. The van der Waals surface area contributed by atoms with E-state index in [0.29, 0.717) is 26.3 Å². The van der Waals surface area contributed by atoms with E-state index in [1.807, 2.05) is 5.01 Å². The van der Waals surface area contributed by atoms with Crippen LogP contribution in [0.4, 0.5) is 0 Å². The van der Waals surface area contributed by atoms with Crippen LogP contribution >= 0.6 is 49.7 Å². The smallest absolute Gasteiger partial charge is 0.315 e. The van der Waals surface area contributed by atoms with Crippen LogP contribution < -0.4 is 0 Å². The highest BCUT2D eigenvalue weighted by Crippen LogP contribution is 2.16. The topological polar surface area (TPSA) is 64.7 Å². The third kappa shape index (κ3) is 3.93. The Morgan fingerprint density at radius 3 is 2.48 bits per heavy atom. The average Bonchev–Trinajstić information content (AvgIpc) is 2.98. The molecule has 1 saturated heterocycles. The van der Waals surface area contributed by atoms with E-state index >= 15 is 0 Å². The lowest BCUT2D eigenvalue weighted by Crippen LogP contribution is -2.60. The van der Waals surface area contributed by atoms with Gasteiger partial charge in [0.1, 0.15) is 0 Å². The fourth-order valence-electron chi connectivity index (χ4n) is 1.81. The van der Waals surface area contributed by atoms with Crippen LogP contribution in [-0.2, 0) is 4.74 Å². The van der Waals surface area contributed by atoms with Gasteiger partial charge in [-0.15, -0.1) is 25.3 Å². The second kappa shape index (κ2) is 7.51. The van der Waals surface area contributed by atoms with E-state index in [4.69, 9.17) is 29.2 Å². The van der Waals surface area contributed by atoms with Gasteiger partial charge >= 0.3 is 5.91 Å². The molecule has 114 valence electrons. The molecule has 1 fully saturated rings. The molecule has 1 aliphatic heterocycles. The number of nitrogens with one attached hydrogen (secondary N) is 1. The number of amides is 1. The number of hydrazine groups is 2. The summed E-state index contributed by atoms with van der Waals surface area (Å²) in [4.78, 5) is 19.2. The number of thiol groups is 2. The number of carbonyl (C=O) groups is 1. The number of ether oxygens (including phenoxy) is 1. The molecule has 7 nitrogen and oxygen atoms in total. The van der Waals surface area contributed by atoms with Gasteiger partial charge in [-0.05, 0) is 12.2 Å². The summed E-state index contributed by atoms with van der Waals surface area (Å²) in [6.07, 6.45) is 3.02. The normalized spacial score (nSPS) is 15.5. The molecule has 2 rings (SSSR count). The lowest BCUT2D eigenvalue weighted by Gasteiger charge is -2.42. The Morgan fingerprint density at radius 2 is 2.00 bits per heavy atom. The maximum atomic E-state index is 12.5. The van der Waals surface area contributed by atoms with Crippen molar-refractivity contribution < 1.29 is 9.53 Å². The van der Waals surface area contributed by atoms with Gasteiger partial charge in [-0.25, -0.2) is 4.98 Å². The molecule has 0 aromatic carbocycles. The van der Waals surface area contributed by atoms with Crippen LogP contribution in [0.3, 0.4) is 0 Å². The molecule has 11 heteroatoms. The first-order valence-corrected chi connectivity index (χ1v) is 7.65. The van der Waals surface area contributed by atoms with Gasteiger partial charge in [0.25, 0.3) is 0 Å². The van der Waals surface area contributed by atoms with Crippen LogP contribution in [-0.4, -0.2) is 66.0 Å². The van der Waals surface area contributed by atoms with Crippen LogP contribution in [0.1, 0.15) is 10.6 Å². The monoisotopic (exact) mass is 363 g/mol. The molecule has 1 aromatic rings. The minimum absolute atomic E-state index is 0.0410. The number of hydrogen-bond acceptors (Lipinski definition) is 6. The van der Waals surface area contributed by atoms with Crippen molar-refractivity contribution >= 4 is 64.2 Å². The molecule has 0 saturated carbocycles. The molecular formula is C10H13N5O2S4. The van der Waals surface area contributed by atoms with E-state index < -0.39 is 5.91 Å². The van der Waals surface area contributed by atoms with Crippen molar-refractivity contribution in [1.82, 2.24) is 25.1 Å². The maximum Gasteiger partial charge on any atom is 0.315 e. The quantitative estimate of drug-likeness (QED) is 0.407. The molecule has 0 aliphatic carbocycles. The number of morpholine rings is 1. The molecular weight excluding hydrogens is 350 g/mol. The molecule has 1 aliphatic rings. The summed E-state index contributed by atoms with van der Waals surface area (Å²) >= 11 is 18.5. The van der Waals surface area contributed by atoms with Gasteiger partial charge < -0.3 is 9.72 Å². The lowest BCUT2D eigenvalue weighted by molar-refractivity contribution is -0.107. The molecule has 1 N–H and O–H groups in total. The lowest BCUT2D eigenvalue weighted by atomic mass is 10.5. The van der Waals surface area contributed by atoms with Gasteiger partial charge in [0.2, 0.25) is 0 Å². The Balaban J connectivity index is 2.30. The number of rotatable bonds is 2. The molecule has 0 radical (unpaired) electrons. The van der Waals surface area contributed by atoms with Crippen molar-refractivity contribution in [1.29, 1.82) is 0 Å². The average molecular weight is 364 g/mol. The first kappa shape index (κ1) is 16.6. The zero-order chi connectivity index (χ0) is 15.4. The van der Waals surface area contributed by atoms with Crippen LogP contribution in [0.2, 0.25) is 0 Å². The van der Waals surface area contributed by atoms with Crippen molar-refractivity contribution in [2.45, 2.75) is 0 Å². The summed E-state index contributed by atoms with van der Waals surface area (Å²) in [5.41, 5.74) is 0. The molecule has 0 bridgehead atoms. The zero-order valence-corrected chi connectivity index (χ0v) is 14.2. The minimum atomic E-state index is -0.470. The highest BCUT2D eigenvalue weighted by atomic mass is 32.1. The number of imidazole rings is 1. The Morgan fingerprint density at radius 1 is 1.33 bits per heavy atom. The first-order valence-electron chi connectivity index (χ1n) is 5.94. The van der Waals surface area contributed by atoms with Crippen molar-refractivity contribution in [3.63, 3.8) is 0 Å². The summed E-state index contributed by atoms with van der Waals surface area (Å²) in [6, 6.07) is 0. The Bertz CT molecular complexity index is 532. The van der Waals surface area contributed by atoms with Crippen LogP contribution in [0.15, 0.2) is 12.4 Å². The molecule has 1 amide bonds. The Hall–Kier alpha value is -0.720. The van der Waals surface area contributed by atoms with E-state index in [9.17, 15) is 4.79 Å². The van der Waals surface area contributed by atoms with Gasteiger partial charge in [-0.1, -0.05) is 12.2 Å².